The molecule has 1 unspecified atom stereocenters. The van der Waals surface area contributed by atoms with Crippen LogP contribution >= 0.6 is 15.9 Å². The lowest BCUT2D eigenvalue weighted by Gasteiger charge is -2.22. The Hall–Kier alpha value is -1.81. The number of sulfone groups is 1. The molecule has 0 spiro atoms. The Morgan fingerprint density at radius 2 is 2.03 bits per heavy atom. The molecule has 1 aliphatic heterocycles. The molecule has 2 heterocycles. The predicted molar refractivity (Wildman–Crippen MR) is 121 cm³/mol. The van der Waals surface area contributed by atoms with Crippen LogP contribution in [0.3, 0.4) is 0 Å². The van der Waals surface area contributed by atoms with Gasteiger partial charge in [-0.1, -0.05) is 6.92 Å². The zero-order chi connectivity index (χ0) is 22.6. The number of carbonyl (C=O) groups is 1. The number of nitrogens with zero attached hydrogens (tertiary/aromatic N) is 2. The van der Waals surface area contributed by atoms with Gasteiger partial charge in [0, 0.05) is 11.9 Å². The number of fused-ring (bicyclic) bond motifs is 1. The Morgan fingerprint density at radius 1 is 1.32 bits per heavy atom. The summed E-state index contributed by atoms with van der Waals surface area (Å²) in [5, 5.41) is 15.8. The van der Waals surface area contributed by atoms with Crippen LogP contribution in [-0.2, 0) is 32.3 Å². The molecule has 0 bridgehead atoms. The van der Waals surface area contributed by atoms with E-state index in [-0.39, 0.29) is 12.6 Å². The molecule has 1 aromatic rings. The molecule has 172 valence electrons. The second kappa shape index (κ2) is 10.2. The Bertz CT molecular complexity index is 977. The monoisotopic (exact) mass is 515 g/mol. The maximum Gasteiger partial charge on any atom is 0.325 e. The lowest BCUT2D eigenvalue weighted by molar-refractivity contribution is -0.137. The molecule has 0 saturated heterocycles. The van der Waals surface area contributed by atoms with Gasteiger partial charge in [-0.2, -0.15) is 5.10 Å². The molecule has 3 aliphatic rings. The first-order valence-corrected chi connectivity index (χ1v) is 13.3. The van der Waals surface area contributed by atoms with Crippen molar-refractivity contribution in [2.45, 2.75) is 70.4 Å². The fraction of sp³-hybridized carbons (Fsp3) is 0.619. The van der Waals surface area contributed by atoms with E-state index in [4.69, 9.17) is 9.84 Å². The quantitative estimate of drug-likeness (QED) is 0.617. The van der Waals surface area contributed by atoms with Crippen LogP contribution < -0.4 is 5.32 Å². The highest BCUT2D eigenvalue weighted by Crippen LogP contribution is 2.30. The summed E-state index contributed by atoms with van der Waals surface area (Å²) in [4.78, 5) is 11.0. The summed E-state index contributed by atoms with van der Waals surface area (Å²) in [5.41, 5.74) is 2.35. The highest BCUT2D eigenvalue weighted by Gasteiger charge is 2.23. The number of allylic oxidation sites excluding steroid dienone is 2. The summed E-state index contributed by atoms with van der Waals surface area (Å²) >= 11 is 3.35. The van der Waals surface area contributed by atoms with Gasteiger partial charge >= 0.3 is 5.97 Å². The third-order valence-corrected chi connectivity index (χ3v) is 7.64. The second-order valence-corrected chi connectivity index (χ2v) is 11.3. The molecule has 1 aromatic heterocycles. The lowest BCUT2D eigenvalue weighted by atomic mass is 9.89. The van der Waals surface area contributed by atoms with Gasteiger partial charge in [0.25, 0.3) is 0 Å². The van der Waals surface area contributed by atoms with Gasteiger partial charge in [0.15, 0.2) is 9.84 Å². The van der Waals surface area contributed by atoms with Crippen LogP contribution in [0, 0.1) is 0 Å². The first-order valence-electron chi connectivity index (χ1n) is 10.6. The number of aromatic nitrogens is 2. The molecule has 0 amide bonds. The van der Waals surface area contributed by atoms with E-state index in [2.05, 4.69) is 33.3 Å². The summed E-state index contributed by atoms with van der Waals surface area (Å²) in [5.74, 6) is 0.361. The van der Waals surface area contributed by atoms with Crippen LogP contribution in [0.2, 0.25) is 0 Å². The maximum atomic E-state index is 11.4. The molecule has 0 radical (unpaired) electrons. The molecule has 1 atom stereocenters. The lowest BCUT2D eigenvalue weighted by Crippen LogP contribution is -2.28. The molecule has 31 heavy (non-hydrogen) atoms. The third kappa shape index (κ3) is 6.35. The van der Waals surface area contributed by atoms with Gasteiger partial charge in [0.1, 0.15) is 12.6 Å². The van der Waals surface area contributed by atoms with Crippen LogP contribution in [0.15, 0.2) is 27.5 Å². The molecule has 2 N–H and O–H groups in total. The smallest absolute Gasteiger partial charge is 0.325 e. The van der Waals surface area contributed by atoms with Crippen molar-refractivity contribution in [3.05, 3.63) is 38.8 Å². The van der Waals surface area contributed by atoms with E-state index in [9.17, 15) is 13.2 Å². The number of hydrogen-bond donors (Lipinski definition) is 2. The zero-order valence-corrected chi connectivity index (χ0v) is 20.3. The molecular formula is C21H30BrN3O5S. The number of hydrogen-bond acceptors (Lipinski definition) is 6. The highest BCUT2D eigenvalue weighted by atomic mass is 79.9. The average Bonchev–Trinajstić information content (AvgIpc) is 3.34. The van der Waals surface area contributed by atoms with Gasteiger partial charge in [-0.3, -0.25) is 9.48 Å². The number of rotatable bonds is 5. The van der Waals surface area contributed by atoms with Gasteiger partial charge in [-0.25, -0.2) is 8.42 Å². The van der Waals surface area contributed by atoms with Gasteiger partial charge in [-0.05, 0) is 78.4 Å². The Balaban J connectivity index is 0.000000179. The molecule has 1 saturated carbocycles. The zero-order valence-electron chi connectivity index (χ0n) is 17.9. The Labute approximate surface area is 191 Å². The SMILES string of the molecule is CC1CCCc2c1cnn2CC(=O)O.CS(=O)(=O)C1=CC(Br)=C(OC2CCCC2)NC1. The summed E-state index contributed by atoms with van der Waals surface area (Å²) in [7, 11) is -3.13. The van der Waals surface area contributed by atoms with E-state index in [1.54, 1.807) is 10.8 Å². The number of carboxylic acid groups (broad SMARTS) is 1. The first-order chi connectivity index (χ1) is 14.6. The number of dihydropyridines is 1. The second-order valence-electron chi connectivity index (χ2n) is 8.33. The number of nitrogens with one attached hydrogen (secondary N) is 1. The number of halogens is 1. The van der Waals surface area contributed by atoms with Crippen LogP contribution in [0.5, 0.6) is 0 Å². The van der Waals surface area contributed by atoms with Crippen molar-refractivity contribution in [3.63, 3.8) is 0 Å². The number of ether oxygens (including phenoxy) is 1. The standard InChI is InChI=1S/C11H16BrNO3S.C10H14N2O2/c1-17(14,15)9-6-10(12)11(13-7-9)16-8-4-2-3-5-8;1-7-3-2-4-9-8(7)5-11-12(9)6-10(13)14/h6,8,13H,2-5,7H2,1H3;5,7H,2-4,6H2,1H3,(H,13,14). The van der Waals surface area contributed by atoms with Gasteiger partial charge in [0.2, 0.25) is 5.88 Å². The van der Waals surface area contributed by atoms with Crippen LogP contribution in [-0.4, -0.2) is 48.2 Å². The molecule has 8 nitrogen and oxygen atoms in total. The van der Waals surface area contributed by atoms with Crippen LogP contribution in [0.25, 0.3) is 0 Å². The highest BCUT2D eigenvalue weighted by molar-refractivity contribution is 9.11. The first kappa shape index (κ1) is 23.8. The maximum absolute atomic E-state index is 11.4. The summed E-state index contributed by atoms with van der Waals surface area (Å²) in [6, 6.07) is 0. The average molecular weight is 516 g/mol. The normalized spacial score (nSPS) is 21.5. The Morgan fingerprint density at radius 3 is 2.65 bits per heavy atom. The van der Waals surface area contributed by atoms with Crippen LogP contribution in [0.1, 0.15) is 62.6 Å². The largest absolute Gasteiger partial charge is 0.480 e. The molecule has 1 fully saturated rings. The van der Waals surface area contributed by atoms with E-state index in [1.807, 2.05) is 6.20 Å². The summed E-state index contributed by atoms with van der Waals surface area (Å²) in [6.45, 7) is 2.46. The van der Waals surface area contributed by atoms with Crippen molar-refractivity contribution in [1.82, 2.24) is 15.1 Å². The van der Waals surface area contributed by atoms with Gasteiger partial charge < -0.3 is 15.2 Å². The topological polar surface area (TPSA) is 111 Å². The van der Waals surface area contributed by atoms with Gasteiger partial charge in [0.05, 0.1) is 22.1 Å². The van der Waals surface area contributed by atoms with E-state index in [0.717, 1.165) is 31.4 Å². The fourth-order valence-electron chi connectivity index (χ4n) is 4.12. The minimum Gasteiger partial charge on any atom is -0.480 e. The molecule has 10 heteroatoms. The van der Waals surface area contributed by atoms with Crippen molar-refractivity contribution in [2.24, 2.45) is 0 Å². The number of aliphatic carboxylic acids is 1. The van der Waals surface area contributed by atoms with Crippen molar-refractivity contribution in [2.75, 3.05) is 12.8 Å². The molecule has 4 rings (SSSR count). The third-order valence-electron chi connectivity index (χ3n) is 5.84. The summed E-state index contributed by atoms with van der Waals surface area (Å²) < 4.78 is 30.9. The van der Waals surface area contributed by atoms with E-state index < -0.39 is 15.8 Å². The van der Waals surface area contributed by atoms with Crippen molar-refractivity contribution in [1.29, 1.82) is 0 Å². The van der Waals surface area contributed by atoms with E-state index in [1.165, 1.54) is 31.1 Å². The predicted octanol–water partition coefficient (Wildman–Crippen LogP) is 3.45. The van der Waals surface area contributed by atoms with E-state index in [0.29, 0.717) is 27.7 Å². The minimum absolute atomic E-state index is 0.0119. The molecular weight excluding hydrogens is 486 g/mol. The van der Waals surface area contributed by atoms with Crippen molar-refractivity contribution in [3.8, 4) is 0 Å². The van der Waals surface area contributed by atoms with Crippen molar-refractivity contribution >= 4 is 31.7 Å². The summed E-state index contributed by atoms with van der Waals surface area (Å²) in [6.07, 6.45) is 12.8. The van der Waals surface area contributed by atoms with Gasteiger partial charge in [-0.15, -0.1) is 0 Å². The van der Waals surface area contributed by atoms with E-state index >= 15 is 0 Å². The Kier molecular flexibility index (Phi) is 7.85. The molecule has 0 aromatic carbocycles. The number of carboxylic acids is 1. The van der Waals surface area contributed by atoms with Crippen molar-refractivity contribution < 1.29 is 23.1 Å². The minimum atomic E-state index is -3.13. The molecule has 2 aliphatic carbocycles. The van der Waals surface area contributed by atoms with Crippen LogP contribution in [0.4, 0.5) is 0 Å². The fourth-order valence-corrected chi connectivity index (χ4v) is 5.45.